The molecular weight excluding hydrogens is 535 g/mol. The Morgan fingerprint density at radius 1 is 1.03 bits per heavy atom. The zero-order valence-electron chi connectivity index (χ0n) is 17.7. The molecule has 0 saturated carbocycles. The molecule has 0 amide bonds. The Labute approximate surface area is 202 Å². The van der Waals surface area contributed by atoms with E-state index in [2.05, 4.69) is 15.0 Å². The lowest BCUT2D eigenvalue weighted by Gasteiger charge is -2.22. The van der Waals surface area contributed by atoms with Crippen molar-refractivity contribution < 1.29 is 8.42 Å². The molecule has 0 saturated heterocycles. The third-order valence-corrected chi connectivity index (χ3v) is 5.95. The lowest BCUT2D eigenvalue weighted by atomic mass is 10.1. The quantitative estimate of drug-likeness (QED) is 0.289. The molecule has 30 heavy (non-hydrogen) atoms. The summed E-state index contributed by atoms with van der Waals surface area (Å²) in [6, 6.07) is 15.2. The number of benzene rings is 2. The molecule has 166 valence electrons. The number of hydrogen-bond donors (Lipinski definition) is 2. The van der Waals surface area contributed by atoms with Crippen molar-refractivity contribution in [1.82, 2.24) is 14.9 Å². The lowest BCUT2D eigenvalue weighted by molar-refractivity contribution is 0.476. The van der Waals surface area contributed by atoms with E-state index in [1.807, 2.05) is 74.3 Å². The Bertz CT molecular complexity index is 917. The number of sulfonamides is 1. The van der Waals surface area contributed by atoms with Crippen molar-refractivity contribution in [3.8, 4) is 0 Å². The zero-order chi connectivity index (χ0) is 21.4. The van der Waals surface area contributed by atoms with Gasteiger partial charge in [-0.1, -0.05) is 48.0 Å². The summed E-state index contributed by atoms with van der Waals surface area (Å²) in [5, 5.41) is 4.05. The van der Waals surface area contributed by atoms with E-state index < -0.39 is 10.0 Å². The normalized spacial score (nSPS) is 11.9. The van der Waals surface area contributed by atoms with E-state index in [0.29, 0.717) is 13.1 Å². The van der Waals surface area contributed by atoms with E-state index in [0.717, 1.165) is 27.7 Å². The topological polar surface area (TPSA) is 73.8 Å². The van der Waals surface area contributed by atoms with E-state index in [-0.39, 0.29) is 35.8 Å². The summed E-state index contributed by atoms with van der Waals surface area (Å²) in [5.41, 5.74) is 2.94. The van der Waals surface area contributed by atoms with Crippen LogP contribution in [0.3, 0.4) is 0 Å². The minimum atomic E-state index is -3.32. The highest BCUT2D eigenvalue weighted by atomic mass is 127. The fourth-order valence-electron chi connectivity index (χ4n) is 2.88. The van der Waals surface area contributed by atoms with Crippen LogP contribution in [0.25, 0.3) is 0 Å². The van der Waals surface area contributed by atoms with Crippen LogP contribution in [0.2, 0.25) is 5.02 Å². The van der Waals surface area contributed by atoms with Gasteiger partial charge < -0.3 is 10.2 Å². The molecule has 0 unspecified atom stereocenters. The molecule has 0 bridgehead atoms. The maximum atomic E-state index is 12.0. The summed E-state index contributed by atoms with van der Waals surface area (Å²) in [7, 11) is 0.398. The summed E-state index contributed by atoms with van der Waals surface area (Å²) in [6.07, 6.45) is 0. The van der Waals surface area contributed by atoms with Gasteiger partial charge >= 0.3 is 0 Å². The molecular formula is C21H30ClIN4O2S. The number of guanidine groups is 1. The minimum Gasteiger partial charge on any atom is -0.352 e. The SMILES string of the molecule is CN=C(NCc1ccc(CS(=O)(=O)NC(C)C)cc1)N(C)Cc1ccc(Cl)cc1.I. The van der Waals surface area contributed by atoms with Crippen LogP contribution in [0.5, 0.6) is 0 Å². The first-order chi connectivity index (χ1) is 13.7. The van der Waals surface area contributed by atoms with E-state index >= 15 is 0 Å². The molecule has 2 rings (SSSR count). The van der Waals surface area contributed by atoms with Crippen LogP contribution in [-0.2, 0) is 28.9 Å². The second kappa shape index (κ2) is 12.5. The summed E-state index contributed by atoms with van der Waals surface area (Å²) in [5.74, 6) is 0.748. The van der Waals surface area contributed by atoms with Gasteiger partial charge in [-0.25, -0.2) is 13.1 Å². The number of nitrogens with zero attached hydrogens (tertiary/aromatic N) is 2. The molecule has 6 nitrogen and oxygen atoms in total. The molecule has 9 heteroatoms. The molecule has 0 radical (unpaired) electrons. The van der Waals surface area contributed by atoms with Crippen LogP contribution in [0.1, 0.15) is 30.5 Å². The van der Waals surface area contributed by atoms with Gasteiger partial charge in [0.05, 0.1) is 5.75 Å². The molecule has 0 aliphatic carbocycles. The predicted octanol–water partition coefficient (Wildman–Crippen LogP) is 3.99. The standard InChI is InChI=1S/C21H29ClN4O2S.HI/c1-16(2)25-29(27,28)15-19-7-5-17(6-8-19)13-24-21(23-3)26(4)14-18-9-11-20(22)12-10-18;/h5-12,16,25H,13-15H2,1-4H3,(H,23,24);1H. The summed E-state index contributed by atoms with van der Waals surface area (Å²) in [6.45, 7) is 4.91. The van der Waals surface area contributed by atoms with Gasteiger partial charge in [-0.05, 0) is 42.7 Å². The number of halogens is 2. The maximum Gasteiger partial charge on any atom is 0.216 e. The highest BCUT2D eigenvalue weighted by Gasteiger charge is 2.13. The molecule has 0 fully saturated rings. The highest BCUT2D eigenvalue weighted by molar-refractivity contribution is 14.0. The van der Waals surface area contributed by atoms with Gasteiger partial charge in [-0.3, -0.25) is 4.99 Å². The molecule has 2 aromatic rings. The highest BCUT2D eigenvalue weighted by Crippen LogP contribution is 2.12. The Morgan fingerprint density at radius 3 is 2.10 bits per heavy atom. The second-order valence-electron chi connectivity index (χ2n) is 7.23. The van der Waals surface area contributed by atoms with Gasteiger partial charge in [-0.15, -0.1) is 24.0 Å². The fourth-order valence-corrected chi connectivity index (χ4v) is 4.44. The predicted molar refractivity (Wildman–Crippen MR) is 136 cm³/mol. The van der Waals surface area contributed by atoms with Gasteiger partial charge in [0.25, 0.3) is 0 Å². The van der Waals surface area contributed by atoms with Crippen molar-refractivity contribution in [2.75, 3.05) is 14.1 Å². The van der Waals surface area contributed by atoms with Gasteiger partial charge in [0, 0.05) is 38.2 Å². The summed E-state index contributed by atoms with van der Waals surface area (Å²) >= 11 is 5.94. The molecule has 0 atom stereocenters. The average molecular weight is 565 g/mol. The van der Waals surface area contributed by atoms with Gasteiger partial charge in [0.2, 0.25) is 10.0 Å². The van der Waals surface area contributed by atoms with Crippen molar-refractivity contribution in [1.29, 1.82) is 0 Å². The van der Waals surface area contributed by atoms with Gasteiger partial charge in [-0.2, -0.15) is 0 Å². The molecule has 2 N–H and O–H groups in total. The Hall–Kier alpha value is -1.36. The average Bonchev–Trinajstić information content (AvgIpc) is 2.64. The largest absolute Gasteiger partial charge is 0.352 e. The van der Waals surface area contributed by atoms with Crippen molar-refractivity contribution in [3.63, 3.8) is 0 Å². The number of hydrogen-bond acceptors (Lipinski definition) is 3. The smallest absolute Gasteiger partial charge is 0.216 e. The Morgan fingerprint density at radius 2 is 1.57 bits per heavy atom. The molecule has 0 aliphatic heterocycles. The van der Waals surface area contributed by atoms with Crippen LogP contribution < -0.4 is 10.0 Å². The molecule has 0 aromatic heterocycles. The first kappa shape index (κ1) is 26.7. The Balaban J connectivity index is 0.00000450. The monoisotopic (exact) mass is 564 g/mol. The van der Waals surface area contributed by atoms with Crippen molar-refractivity contribution in [3.05, 3.63) is 70.2 Å². The molecule has 2 aromatic carbocycles. The van der Waals surface area contributed by atoms with Crippen LogP contribution in [0, 0.1) is 0 Å². The first-order valence-electron chi connectivity index (χ1n) is 9.42. The van der Waals surface area contributed by atoms with E-state index in [1.165, 1.54) is 0 Å². The van der Waals surface area contributed by atoms with E-state index in [1.54, 1.807) is 7.05 Å². The summed E-state index contributed by atoms with van der Waals surface area (Å²) in [4.78, 5) is 6.36. The van der Waals surface area contributed by atoms with Crippen LogP contribution in [0.15, 0.2) is 53.5 Å². The van der Waals surface area contributed by atoms with Crippen LogP contribution >= 0.6 is 35.6 Å². The van der Waals surface area contributed by atoms with Crippen LogP contribution in [0.4, 0.5) is 0 Å². The number of rotatable bonds is 8. The van der Waals surface area contributed by atoms with Crippen molar-refractivity contribution in [2.24, 2.45) is 4.99 Å². The molecule has 0 aliphatic rings. The number of aliphatic imine (C=N–C) groups is 1. The summed E-state index contributed by atoms with van der Waals surface area (Å²) < 4.78 is 26.7. The third kappa shape index (κ3) is 9.20. The minimum absolute atomic E-state index is 0. The van der Waals surface area contributed by atoms with Gasteiger partial charge in [0.1, 0.15) is 0 Å². The third-order valence-electron chi connectivity index (χ3n) is 4.15. The maximum absolute atomic E-state index is 12.0. The zero-order valence-corrected chi connectivity index (χ0v) is 21.6. The van der Waals surface area contributed by atoms with E-state index in [4.69, 9.17) is 11.6 Å². The van der Waals surface area contributed by atoms with Crippen molar-refractivity contribution in [2.45, 2.75) is 38.7 Å². The second-order valence-corrected chi connectivity index (χ2v) is 9.42. The molecule has 0 spiro atoms. The van der Waals surface area contributed by atoms with Crippen LogP contribution in [-0.4, -0.2) is 39.4 Å². The first-order valence-corrected chi connectivity index (χ1v) is 11.5. The fraction of sp³-hybridized carbons (Fsp3) is 0.381. The van der Waals surface area contributed by atoms with Gasteiger partial charge in [0.15, 0.2) is 5.96 Å². The van der Waals surface area contributed by atoms with Crippen molar-refractivity contribution >= 4 is 51.6 Å². The number of nitrogens with one attached hydrogen (secondary N) is 2. The lowest BCUT2D eigenvalue weighted by Crippen LogP contribution is -2.38. The van der Waals surface area contributed by atoms with E-state index in [9.17, 15) is 8.42 Å². The Kier molecular flexibility index (Phi) is 11.1. The molecule has 0 heterocycles.